The summed E-state index contributed by atoms with van der Waals surface area (Å²) in [5.41, 5.74) is 0. The molecular formula is C7H4NO3. The first-order valence-corrected chi connectivity index (χ1v) is 2.85. The third-order valence-electron chi connectivity index (χ3n) is 1.14. The number of imide groups is 1. The second kappa shape index (κ2) is 2.92. The molecule has 11 heavy (non-hydrogen) atoms. The molecule has 2 amide bonds. The van der Waals surface area contributed by atoms with Gasteiger partial charge in [-0.05, 0) is 0 Å². The number of hydrogen-bond acceptors (Lipinski definition) is 3. The number of hydrogen-bond donors (Lipinski definition) is 0. The number of allylic oxidation sites excluding steroid dienone is 1. The fourth-order valence-corrected chi connectivity index (χ4v) is 0.664. The van der Waals surface area contributed by atoms with Gasteiger partial charge in [-0.3, -0.25) is 19.3 Å². The van der Waals surface area contributed by atoms with Crippen LogP contribution in [0.5, 0.6) is 0 Å². The third-order valence-corrected chi connectivity index (χ3v) is 1.14. The predicted molar refractivity (Wildman–Crippen MR) is 35.8 cm³/mol. The molecule has 0 saturated carbocycles. The third kappa shape index (κ3) is 1.40. The van der Waals surface area contributed by atoms with Crippen LogP contribution in [-0.2, 0) is 14.4 Å². The molecule has 0 fully saturated rings. The van der Waals surface area contributed by atoms with Crippen LogP contribution in [0.15, 0.2) is 24.4 Å². The molecule has 0 aromatic rings. The van der Waals surface area contributed by atoms with Crippen LogP contribution < -0.4 is 0 Å². The van der Waals surface area contributed by atoms with Gasteiger partial charge in [0.05, 0.1) is 0 Å². The lowest BCUT2D eigenvalue weighted by Crippen LogP contribution is -2.23. The molecule has 1 heterocycles. The predicted octanol–water partition coefficient (Wildman–Crippen LogP) is -0.465. The highest BCUT2D eigenvalue weighted by atomic mass is 16.2. The Kier molecular flexibility index (Phi) is 1.96. The van der Waals surface area contributed by atoms with E-state index in [0.29, 0.717) is 0 Å². The fourth-order valence-electron chi connectivity index (χ4n) is 0.664. The highest BCUT2D eigenvalue weighted by molar-refractivity contribution is 6.13. The van der Waals surface area contributed by atoms with Gasteiger partial charge in [0.1, 0.15) is 0 Å². The van der Waals surface area contributed by atoms with Crippen LogP contribution >= 0.6 is 0 Å². The Hall–Kier alpha value is -1.71. The summed E-state index contributed by atoms with van der Waals surface area (Å²) in [6.45, 7) is 0. The quantitative estimate of drug-likeness (QED) is 0.395. The molecule has 0 spiro atoms. The van der Waals surface area contributed by atoms with Gasteiger partial charge in [0.15, 0.2) is 0 Å². The van der Waals surface area contributed by atoms with Crippen molar-refractivity contribution in [3.8, 4) is 0 Å². The van der Waals surface area contributed by atoms with E-state index < -0.39 is 11.8 Å². The molecule has 0 atom stereocenters. The van der Waals surface area contributed by atoms with Crippen LogP contribution in [-0.4, -0.2) is 23.0 Å². The van der Waals surface area contributed by atoms with Gasteiger partial charge in [-0.1, -0.05) is 0 Å². The Balaban J connectivity index is 2.74. The van der Waals surface area contributed by atoms with Gasteiger partial charge < -0.3 is 0 Å². The van der Waals surface area contributed by atoms with Gasteiger partial charge in [0, 0.05) is 24.4 Å². The highest BCUT2D eigenvalue weighted by Gasteiger charge is 2.19. The summed E-state index contributed by atoms with van der Waals surface area (Å²) in [5, 5.41) is 0. The van der Waals surface area contributed by atoms with Crippen molar-refractivity contribution in [3.63, 3.8) is 0 Å². The summed E-state index contributed by atoms with van der Waals surface area (Å²) in [5.74, 6) is -0.886. The van der Waals surface area contributed by atoms with Crippen molar-refractivity contribution in [2.24, 2.45) is 0 Å². The van der Waals surface area contributed by atoms with Crippen LogP contribution in [0.4, 0.5) is 0 Å². The maximum atomic E-state index is 10.7. The number of nitrogens with zero attached hydrogens (tertiary/aromatic N) is 1. The van der Waals surface area contributed by atoms with Crippen LogP contribution in [0.25, 0.3) is 0 Å². The van der Waals surface area contributed by atoms with E-state index in [0.717, 1.165) is 29.3 Å². The van der Waals surface area contributed by atoms with Gasteiger partial charge in [0.25, 0.3) is 11.8 Å². The summed E-state index contributed by atoms with van der Waals surface area (Å²) in [7, 11) is 0. The fraction of sp³-hybridized carbons (Fsp3) is 0. The van der Waals surface area contributed by atoms with Crippen molar-refractivity contribution in [1.29, 1.82) is 0 Å². The highest BCUT2D eigenvalue weighted by Crippen LogP contribution is 2.02. The number of carbonyl (C=O) groups excluding carboxylic acids is 3. The molecule has 0 aromatic carbocycles. The number of carbonyl (C=O) groups is 2. The van der Waals surface area contributed by atoms with Crippen molar-refractivity contribution >= 4 is 18.1 Å². The second-order valence-electron chi connectivity index (χ2n) is 1.81. The molecule has 0 aliphatic carbocycles. The van der Waals surface area contributed by atoms with E-state index in [1.54, 1.807) is 0 Å². The lowest BCUT2D eigenvalue weighted by Gasteiger charge is -2.04. The first kappa shape index (κ1) is 7.40. The molecule has 4 heteroatoms. The zero-order chi connectivity index (χ0) is 8.27. The van der Waals surface area contributed by atoms with Crippen molar-refractivity contribution in [2.45, 2.75) is 0 Å². The Bertz CT molecular complexity index is 247. The average molecular weight is 150 g/mol. The van der Waals surface area contributed by atoms with E-state index in [4.69, 9.17) is 0 Å². The lowest BCUT2D eigenvalue weighted by atomic mass is 10.5. The Labute approximate surface area is 62.8 Å². The second-order valence-corrected chi connectivity index (χ2v) is 1.81. The van der Waals surface area contributed by atoms with Crippen molar-refractivity contribution in [1.82, 2.24) is 4.90 Å². The minimum Gasteiger partial charge on any atom is -0.286 e. The minimum absolute atomic E-state index is 0.443. The van der Waals surface area contributed by atoms with Gasteiger partial charge in [0.2, 0.25) is 6.29 Å². The average Bonchev–Trinajstić information content (AvgIpc) is 2.29. The van der Waals surface area contributed by atoms with E-state index in [1.807, 2.05) is 0 Å². The molecule has 0 N–H and O–H groups in total. The van der Waals surface area contributed by atoms with Crippen molar-refractivity contribution < 1.29 is 14.4 Å². The van der Waals surface area contributed by atoms with Gasteiger partial charge in [-0.2, -0.15) is 0 Å². The zero-order valence-electron chi connectivity index (χ0n) is 5.48. The van der Waals surface area contributed by atoms with Gasteiger partial charge >= 0.3 is 0 Å². The first-order chi connectivity index (χ1) is 5.25. The molecule has 4 nitrogen and oxygen atoms in total. The first-order valence-electron chi connectivity index (χ1n) is 2.85. The van der Waals surface area contributed by atoms with Crippen molar-refractivity contribution in [3.05, 3.63) is 24.4 Å². The summed E-state index contributed by atoms with van der Waals surface area (Å²) in [4.78, 5) is 32.0. The molecule has 1 radical (unpaired) electrons. The maximum absolute atomic E-state index is 10.7. The smallest absolute Gasteiger partial charge is 0.257 e. The summed E-state index contributed by atoms with van der Waals surface area (Å²) in [6, 6.07) is 0. The molecule has 55 valence electrons. The normalized spacial score (nSPS) is 16.9. The lowest BCUT2D eigenvalue weighted by molar-refractivity contribution is -0.133. The summed E-state index contributed by atoms with van der Waals surface area (Å²) >= 11 is 0. The van der Waals surface area contributed by atoms with Crippen LogP contribution in [0, 0.1) is 0 Å². The number of rotatable bonds is 2. The topological polar surface area (TPSA) is 54.5 Å². The monoisotopic (exact) mass is 150 g/mol. The van der Waals surface area contributed by atoms with Crippen LogP contribution in [0.1, 0.15) is 0 Å². The van der Waals surface area contributed by atoms with E-state index in [-0.39, 0.29) is 0 Å². The molecule has 0 bridgehead atoms. The Morgan fingerprint density at radius 1 is 1.27 bits per heavy atom. The van der Waals surface area contributed by atoms with E-state index in [2.05, 4.69) is 0 Å². The van der Waals surface area contributed by atoms with Gasteiger partial charge in [-0.25, -0.2) is 0 Å². The molecule has 0 aromatic heterocycles. The van der Waals surface area contributed by atoms with E-state index in [9.17, 15) is 14.4 Å². The molecule has 1 aliphatic heterocycles. The van der Waals surface area contributed by atoms with Crippen LogP contribution in [0.2, 0.25) is 0 Å². The molecule has 1 aliphatic rings. The molecule has 0 unspecified atom stereocenters. The van der Waals surface area contributed by atoms with E-state index in [1.165, 1.54) is 6.29 Å². The number of amides is 2. The van der Waals surface area contributed by atoms with Crippen LogP contribution in [0.3, 0.4) is 0 Å². The SMILES string of the molecule is O=[C]C=CN1C(=O)C=CC1=O. The molecule has 1 rings (SSSR count). The summed E-state index contributed by atoms with van der Waals surface area (Å²) < 4.78 is 0. The zero-order valence-corrected chi connectivity index (χ0v) is 5.48. The Morgan fingerprint density at radius 2 is 1.82 bits per heavy atom. The minimum atomic E-state index is -0.443. The molecular weight excluding hydrogens is 146 g/mol. The van der Waals surface area contributed by atoms with Gasteiger partial charge in [-0.15, -0.1) is 0 Å². The Morgan fingerprint density at radius 3 is 2.27 bits per heavy atom. The van der Waals surface area contributed by atoms with Crippen molar-refractivity contribution in [2.75, 3.05) is 0 Å². The summed E-state index contributed by atoms with van der Waals surface area (Å²) in [6.07, 6.45) is 5.75. The standard InChI is InChI=1S/C7H4NO3/c9-5-1-4-8-6(10)2-3-7(8)11/h1-4H. The maximum Gasteiger partial charge on any atom is 0.257 e. The molecule has 0 saturated heterocycles. The largest absolute Gasteiger partial charge is 0.286 e. The van der Waals surface area contributed by atoms with E-state index >= 15 is 0 Å².